The average molecular weight is 287 g/mol. The van der Waals surface area contributed by atoms with Gasteiger partial charge in [0, 0.05) is 6.42 Å². The van der Waals surface area contributed by atoms with Gasteiger partial charge in [0.05, 0.1) is 17.6 Å². The molecule has 4 nitrogen and oxygen atoms in total. The minimum absolute atomic E-state index is 0.130. The Morgan fingerprint density at radius 2 is 1.76 bits per heavy atom. The lowest BCUT2D eigenvalue weighted by atomic mass is 9.81. The molecule has 1 aromatic carbocycles. The van der Waals surface area contributed by atoms with E-state index in [1.54, 1.807) is 0 Å². The van der Waals surface area contributed by atoms with Crippen LogP contribution in [0.2, 0.25) is 0 Å². The molecule has 1 unspecified atom stereocenters. The van der Waals surface area contributed by atoms with Crippen LogP contribution in [0.5, 0.6) is 0 Å². The molecular formula is C17H21NO3. The molecule has 1 saturated carbocycles. The lowest BCUT2D eigenvalue weighted by Crippen LogP contribution is -2.54. The monoisotopic (exact) mass is 287 g/mol. The minimum atomic E-state index is -0.802. The number of benzene rings is 1. The van der Waals surface area contributed by atoms with Crippen molar-refractivity contribution in [3.8, 4) is 0 Å². The van der Waals surface area contributed by atoms with Crippen LogP contribution in [-0.4, -0.2) is 34.0 Å². The van der Waals surface area contributed by atoms with Crippen LogP contribution in [0.25, 0.3) is 0 Å². The van der Waals surface area contributed by atoms with Gasteiger partial charge in [-0.25, -0.2) is 0 Å². The maximum absolute atomic E-state index is 13.0. The molecule has 4 heteroatoms. The summed E-state index contributed by atoms with van der Waals surface area (Å²) in [5.74, 6) is -0.308. The van der Waals surface area contributed by atoms with E-state index in [4.69, 9.17) is 0 Å². The number of amides is 2. The van der Waals surface area contributed by atoms with Gasteiger partial charge in [-0.3, -0.25) is 14.5 Å². The van der Waals surface area contributed by atoms with E-state index >= 15 is 0 Å². The van der Waals surface area contributed by atoms with Gasteiger partial charge in [0.2, 0.25) is 11.8 Å². The van der Waals surface area contributed by atoms with Crippen molar-refractivity contribution in [2.75, 3.05) is 6.61 Å². The maximum Gasteiger partial charge on any atom is 0.240 e. The topological polar surface area (TPSA) is 57.6 Å². The Balaban J connectivity index is 1.99. The first-order valence-electron chi connectivity index (χ1n) is 7.57. The van der Waals surface area contributed by atoms with E-state index in [9.17, 15) is 14.7 Å². The lowest BCUT2D eigenvalue weighted by Gasteiger charge is -2.36. The summed E-state index contributed by atoms with van der Waals surface area (Å²) in [6.45, 7) is 1.71. The SMILES string of the molecule is CC1(c2ccccc2)CC(=O)N(C2(CO)CCCC2)C1=O. The number of hydrogen-bond donors (Lipinski definition) is 1. The Labute approximate surface area is 124 Å². The van der Waals surface area contributed by atoms with E-state index in [1.165, 1.54) is 4.90 Å². The molecule has 1 heterocycles. The summed E-state index contributed by atoms with van der Waals surface area (Å²) in [5.41, 5.74) is -0.596. The highest BCUT2D eigenvalue weighted by Gasteiger charge is 2.56. The Morgan fingerprint density at radius 3 is 2.33 bits per heavy atom. The molecule has 1 aliphatic carbocycles. The molecule has 1 aromatic rings. The summed E-state index contributed by atoms with van der Waals surface area (Å²) in [7, 11) is 0. The number of carbonyl (C=O) groups is 2. The smallest absolute Gasteiger partial charge is 0.240 e. The van der Waals surface area contributed by atoms with E-state index in [2.05, 4.69) is 0 Å². The molecule has 0 radical (unpaired) electrons. The number of nitrogens with zero attached hydrogens (tertiary/aromatic N) is 1. The standard InChI is InChI=1S/C17H21NO3/c1-16(13-7-3-2-4-8-13)11-14(20)18(15(16)21)17(12-19)9-5-6-10-17/h2-4,7-8,19H,5-6,9-12H2,1H3. The van der Waals surface area contributed by atoms with Crippen LogP contribution in [-0.2, 0) is 15.0 Å². The highest BCUT2D eigenvalue weighted by molar-refractivity contribution is 6.09. The van der Waals surface area contributed by atoms with Gasteiger partial charge >= 0.3 is 0 Å². The second-order valence-corrected chi connectivity index (χ2v) is 6.50. The van der Waals surface area contributed by atoms with Gasteiger partial charge < -0.3 is 5.11 Å². The van der Waals surface area contributed by atoms with Crippen molar-refractivity contribution in [3.63, 3.8) is 0 Å². The predicted molar refractivity (Wildman–Crippen MR) is 78.5 cm³/mol. The van der Waals surface area contributed by atoms with Crippen LogP contribution in [0, 0.1) is 0 Å². The number of aliphatic hydroxyl groups excluding tert-OH is 1. The number of hydrogen-bond acceptors (Lipinski definition) is 3. The molecule has 112 valence electrons. The number of rotatable bonds is 3. The predicted octanol–water partition coefficient (Wildman–Crippen LogP) is 2.01. The second-order valence-electron chi connectivity index (χ2n) is 6.50. The first kappa shape index (κ1) is 14.3. The fourth-order valence-electron chi connectivity index (χ4n) is 3.81. The van der Waals surface area contributed by atoms with Gasteiger partial charge in [-0.05, 0) is 25.3 Å². The van der Waals surface area contributed by atoms with E-state index < -0.39 is 11.0 Å². The van der Waals surface area contributed by atoms with Crippen molar-refractivity contribution < 1.29 is 14.7 Å². The van der Waals surface area contributed by atoms with Crippen molar-refractivity contribution >= 4 is 11.8 Å². The average Bonchev–Trinajstić information content (AvgIpc) is 3.05. The molecule has 2 fully saturated rings. The highest BCUT2D eigenvalue weighted by Crippen LogP contribution is 2.44. The normalized spacial score (nSPS) is 28.4. The fourth-order valence-corrected chi connectivity index (χ4v) is 3.81. The van der Waals surface area contributed by atoms with Gasteiger partial charge in [-0.15, -0.1) is 0 Å². The fraction of sp³-hybridized carbons (Fsp3) is 0.529. The van der Waals surface area contributed by atoms with E-state index in [0.29, 0.717) is 12.8 Å². The van der Waals surface area contributed by atoms with Crippen molar-refractivity contribution in [1.82, 2.24) is 4.90 Å². The van der Waals surface area contributed by atoms with Crippen molar-refractivity contribution in [3.05, 3.63) is 35.9 Å². The first-order valence-corrected chi connectivity index (χ1v) is 7.57. The molecule has 0 bridgehead atoms. The molecule has 1 saturated heterocycles. The van der Waals surface area contributed by atoms with Gasteiger partial charge in [0.25, 0.3) is 0 Å². The van der Waals surface area contributed by atoms with Crippen molar-refractivity contribution in [2.24, 2.45) is 0 Å². The molecule has 1 atom stereocenters. The van der Waals surface area contributed by atoms with Crippen molar-refractivity contribution in [2.45, 2.75) is 50.0 Å². The summed E-state index contributed by atoms with van der Waals surface area (Å²) in [5, 5.41) is 9.81. The third-order valence-electron chi connectivity index (χ3n) is 5.14. The molecule has 0 aromatic heterocycles. The van der Waals surface area contributed by atoms with E-state index in [0.717, 1.165) is 18.4 Å². The Bertz CT molecular complexity index is 563. The molecule has 0 spiro atoms. The van der Waals surface area contributed by atoms with Gasteiger partial charge in [-0.2, -0.15) is 0 Å². The van der Waals surface area contributed by atoms with E-state index in [1.807, 2.05) is 37.3 Å². The molecule has 1 aliphatic heterocycles. The van der Waals surface area contributed by atoms with Crippen LogP contribution >= 0.6 is 0 Å². The van der Waals surface area contributed by atoms with Crippen LogP contribution in [0.1, 0.15) is 44.6 Å². The number of carbonyl (C=O) groups excluding carboxylic acids is 2. The summed E-state index contributed by atoms with van der Waals surface area (Å²) in [6.07, 6.45) is 3.54. The van der Waals surface area contributed by atoms with Crippen LogP contribution in [0.3, 0.4) is 0 Å². The number of imide groups is 1. The molecule has 21 heavy (non-hydrogen) atoms. The van der Waals surface area contributed by atoms with Gasteiger partial charge in [0.1, 0.15) is 0 Å². The number of likely N-dealkylation sites (tertiary alicyclic amines) is 1. The van der Waals surface area contributed by atoms with E-state index in [-0.39, 0.29) is 24.8 Å². The van der Waals surface area contributed by atoms with Crippen LogP contribution in [0.15, 0.2) is 30.3 Å². The van der Waals surface area contributed by atoms with Crippen LogP contribution < -0.4 is 0 Å². The maximum atomic E-state index is 13.0. The third-order valence-corrected chi connectivity index (χ3v) is 5.14. The van der Waals surface area contributed by atoms with Gasteiger partial charge in [0.15, 0.2) is 0 Å². The zero-order valence-electron chi connectivity index (χ0n) is 12.3. The minimum Gasteiger partial charge on any atom is -0.394 e. The number of aliphatic hydroxyl groups is 1. The Morgan fingerprint density at radius 1 is 1.14 bits per heavy atom. The molecule has 3 rings (SSSR count). The Kier molecular flexibility index (Phi) is 3.36. The summed E-state index contributed by atoms with van der Waals surface area (Å²) in [4.78, 5) is 26.9. The molecule has 2 aliphatic rings. The quantitative estimate of drug-likeness (QED) is 0.865. The van der Waals surface area contributed by atoms with Gasteiger partial charge in [-0.1, -0.05) is 43.2 Å². The van der Waals surface area contributed by atoms with Crippen molar-refractivity contribution in [1.29, 1.82) is 0 Å². The lowest BCUT2D eigenvalue weighted by molar-refractivity contribution is -0.149. The Hall–Kier alpha value is -1.68. The largest absolute Gasteiger partial charge is 0.394 e. The zero-order chi connectivity index (χ0) is 15.1. The molecule has 1 N–H and O–H groups in total. The molecular weight excluding hydrogens is 266 g/mol. The summed E-state index contributed by atoms with van der Waals surface area (Å²) >= 11 is 0. The summed E-state index contributed by atoms with van der Waals surface area (Å²) < 4.78 is 0. The highest BCUT2D eigenvalue weighted by atomic mass is 16.3. The second kappa shape index (κ2) is 4.95. The molecule has 2 amide bonds. The zero-order valence-corrected chi connectivity index (χ0v) is 12.3. The third kappa shape index (κ3) is 2.01. The van der Waals surface area contributed by atoms with Crippen LogP contribution in [0.4, 0.5) is 0 Å². The summed E-state index contributed by atoms with van der Waals surface area (Å²) in [6, 6.07) is 9.47. The first-order chi connectivity index (χ1) is 10.0.